The standard InChI is InChI=1S/C15H21N3O2/c16-12-5-7-17(8-6-12)9-10-18-13-3-1-2-4-14(13)20-11-15(18)19/h1-4,12H,5-11,16H2. The summed E-state index contributed by atoms with van der Waals surface area (Å²) >= 11 is 0. The van der Waals surface area contributed by atoms with E-state index in [1.807, 2.05) is 29.2 Å². The van der Waals surface area contributed by atoms with Gasteiger partial charge < -0.3 is 20.3 Å². The van der Waals surface area contributed by atoms with E-state index in [-0.39, 0.29) is 12.5 Å². The van der Waals surface area contributed by atoms with Gasteiger partial charge in [-0.3, -0.25) is 4.79 Å². The maximum absolute atomic E-state index is 12.0. The smallest absolute Gasteiger partial charge is 0.265 e. The van der Waals surface area contributed by atoms with E-state index in [4.69, 9.17) is 10.5 Å². The van der Waals surface area contributed by atoms with Gasteiger partial charge >= 0.3 is 0 Å². The Balaban J connectivity index is 1.63. The molecule has 5 nitrogen and oxygen atoms in total. The van der Waals surface area contributed by atoms with Crippen LogP contribution in [-0.2, 0) is 4.79 Å². The maximum Gasteiger partial charge on any atom is 0.265 e. The van der Waals surface area contributed by atoms with E-state index >= 15 is 0 Å². The number of nitrogens with two attached hydrogens (primary N) is 1. The van der Waals surface area contributed by atoms with Gasteiger partial charge in [0.25, 0.3) is 5.91 Å². The third-order valence-electron chi connectivity index (χ3n) is 4.08. The number of piperidine rings is 1. The molecule has 2 heterocycles. The number of hydrogen-bond donors (Lipinski definition) is 1. The lowest BCUT2D eigenvalue weighted by Crippen LogP contribution is -2.46. The van der Waals surface area contributed by atoms with Gasteiger partial charge in [-0.2, -0.15) is 0 Å². The van der Waals surface area contributed by atoms with E-state index in [1.165, 1.54) is 0 Å². The first kappa shape index (κ1) is 13.4. The van der Waals surface area contributed by atoms with Gasteiger partial charge in [-0.15, -0.1) is 0 Å². The molecule has 1 fully saturated rings. The van der Waals surface area contributed by atoms with Gasteiger partial charge in [0.1, 0.15) is 5.75 Å². The summed E-state index contributed by atoms with van der Waals surface area (Å²) < 4.78 is 5.45. The highest BCUT2D eigenvalue weighted by Gasteiger charge is 2.25. The van der Waals surface area contributed by atoms with Gasteiger partial charge in [0.2, 0.25) is 0 Å². The van der Waals surface area contributed by atoms with E-state index < -0.39 is 0 Å². The highest BCUT2D eigenvalue weighted by atomic mass is 16.5. The Bertz CT molecular complexity index is 484. The molecule has 108 valence electrons. The summed E-state index contributed by atoms with van der Waals surface area (Å²) in [6, 6.07) is 8.07. The number of nitrogens with zero attached hydrogens (tertiary/aromatic N) is 2. The number of hydrogen-bond acceptors (Lipinski definition) is 4. The van der Waals surface area contributed by atoms with Crippen LogP contribution in [-0.4, -0.2) is 49.6 Å². The molecule has 2 N–H and O–H groups in total. The monoisotopic (exact) mass is 275 g/mol. The Morgan fingerprint density at radius 2 is 1.95 bits per heavy atom. The summed E-state index contributed by atoms with van der Waals surface area (Å²) in [6.45, 7) is 3.81. The first-order valence-corrected chi connectivity index (χ1v) is 7.24. The minimum Gasteiger partial charge on any atom is -0.482 e. The van der Waals surface area contributed by atoms with Crippen molar-refractivity contribution in [3.05, 3.63) is 24.3 Å². The number of likely N-dealkylation sites (tertiary alicyclic amines) is 1. The van der Waals surface area contributed by atoms with Crippen molar-refractivity contribution in [2.24, 2.45) is 5.73 Å². The van der Waals surface area contributed by atoms with Gasteiger partial charge in [0, 0.05) is 19.1 Å². The molecule has 0 spiro atoms. The van der Waals surface area contributed by atoms with E-state index in [0.29, 0.717) is 12.6 Å². The third kappa shape index (κ3) is 2.78. The lowest BCUT2D eigenvalue weighted by atomic mass is 10.1. The quantitative estimate of drug-likeness (QED) is 0.888. The second kappa shape index (κ2) is 5.81. The van der Waals surface area contributed by atoms with E-state index in [0.717, 1.165) is 43.9 Å². The average Bonchev–Trinajstić information content (AvgIpc) is 2.48. The number of carbonyl (C=O) groups is 1. The normalized spacial score (nSPS) is 20.6. The largest absolute Gasteiger partial charge is 0.482 e. The molecule has 2 aliphatic rings. The fourth-order valence-electron chi connectivity index (χ4n) is 2.82. The van der Waals surface area contributed by atoms with Gasteiger partial charge in [-0.05, 0) is 38.1 Å². The van der Waals surface area contributed by atoms with E-state index in [9.17, 15) is 4.79 Å². The van der Waals surface area contributed by atoms with Crippen molar-refractivity contribution in [1.82, 2.24) is 4.90 Å². The fraction of sp³-hybridized carbons (Fsp3) is 0.533. The van der Waals surface area contributed by atoms with Crippen molar-refractivity contribution in [2.45, 2.75) is 18.9 Å². The summed E-state index contributed by atoms with van der Waals surface area (Å²) in [5, 5.41) is 0. The number of rotatable bonds is 3. The number of fused-ring (bicyclic) bond motifs is 1. The zero-order valence-electron chi connectivity index (χ0n) is 11.6. The molecule has 0 unspecified atom stereocenters. The van der Waals surface area contributed by atoms with Gasteiger partial charge in [-0.1, -0.05) is 12.1 Å². The maximum atomic E-state index is 12.0. The Morgan fingerprint density at radius 3 is 2.75 bits per heavy atom. The van der Waals surface area contributed by atoms with Crippen molar-refractivity contribution in [1.29, 1.82) is 0 Å². The molecule has 0 aromatic heterocycles. The van der Waals surface area contributed by atoms with Crippen LogP contribution >= 0.6 is 0 Å². The van der Waals surface area contributed by atoms with Crippen LogP contribution < -0.4 is 15.4 Å². The summed E-state index contributed by atoms with van der Waals surface area (Å²) in [4.78, 5) is 16.3. The van der Waals surface area contributed by atoms with Crippen molar-refractivity contribution in [3.8, 4) is 5.75 Å². The Kier molecular flexibility index (Phi) is 3.89. The molecular weight excluding hydrogens is 254 g/mol. The van der Waals surface area contributed by atoms with Gasteiger partial charge in [0.15, 0.2) is 6.61 Å². The SMILES string of the molecule is NC1CCN(CCN2C(=O)COc3ccccc32)CC1. The minimum atomic E-state index is 0.0393. The summed E-state index contributed by atoms with van der Waals surface area (Å²) in [6.07, 6.45) is 2.10. The first-order chi connectivity index (χ1) is 9.74. The lowest BCUT2D eigenvalue weighted by Gasteiger charge is -2.34. The van der Waals surface area contributed by atoms with Gasteiger partial charge in [-0.25, -0.2) is 0 Å². The summed E-state index contributed by atoms with van der Waals surface area (Å²) in [5.74, 6) is 0.838. The molecule has 1 saturated heterocycles. The average molecular weight is 275 g/mol. The number of anilines is 1. The minimum absolute atomic E-state index is 0.0393. The van der Waals surface area contributed by atoms with Crippen LogP contribution in [0, 0.1) is 0 Å². The molecule has 1 amide bonds. The molecule has 1 aromatic carbocycles. The molecule has 0 saturated carbocycles. The molecule has 0 bridgehead atoms. The molecule has 5 heteroatoms. The second-order valence-electron chi connectivity index (χ2n) is 5.48. The van der Waals surface area contributed by atoms with Crippen LogP contribution in [0.5, 0.6) is 5.75 Å². The molecule has 0 aliphatic carbocycles. The zero-order chi connectivity index (χ0) is 13.9. The molecule has 2 aliphatic heterocycles. The lowest BCUT2D eigenvalue weighted by molar-refractivity contribution is -0.121. The van der Waals surface area contributed by atoms with Crippen molar-refractivity contribution in [3.63, 3.8) is 0 Å². The molecule has 1 aromatic rings. The van der Waals surface area contributed by atoms with Crippen molar-refractivity contribution < 1.29 is 9.53 Å². The highest BCUT2D eigenvalue weighted by Crippen LogP contribution is 2.31. The van der Waals surface area contributed by atoms with E-state index in [1.54, 1.807) is 0 Å². The number of para-hydroxylation sites is 2. The number of benzene rings is 1. The molecular formula is C15H21N3O2. The predicted octanol–water partition coefficient (Wildman–Crippen LogP) is 0.835. The number of carbonyl (C=O) groups excluding carboxylic acids is 1. The summed E-state index contributed by atoms with van der Waals surface area (Å²) in [7, 11) is 0. The van der Waals surface area contributed by atoms with Crippen molar-refractivity contribution >= 4 is 11.6 Å². The van der Waals surface area contributed by atoms with E-state index in [2.05, 4.69) is 4.90 Å². The van der Waals surface area contributed by atoms with Crippen molar-refractivity contribution in [2.75, 3.05) is 37.7 Å². The molecule has 0 radical (unpaired) electrons. The Morgan fingerprint density at radius 1 is 1.20 bits per heavy atom. The van der Waals surface area contributed by atoms with Crippen LogP contribution in [0.25, 0.3) is 0 Å². The Hall–Kier alpha value is -1.59. The van der Waals surface area contributed by atoms with Crippen LogP contribution in [0.15, 0.2) is 24.3 Å². The van der Waals surface area contributed by atoms with Crippen LogP contribution in [0.2, 0.25) is 0 Å². The predicted molar refractivity (Wildman–Crippen MR) is 77.9 cm³/mol. The topological polar surface area (TPSA) is 58.8 Å². The van der Waals surface area contributed by atoms with Crippen LogP contribution in [0.3, 0.4) is 0 Å². The van der Waals surface area contributed by atoms with Crippen LogP contribution in [0.1, 0.15) is 12.8 Å². The second-order valence-corrected chi connectivity index (χ2v) is 5.48. The first-order valence-electron chi connectivity index (χ1n) is 7.24. The zero-order valence-corrected chi connectivity index (χ0v) is 11.6. The highest BCUT2D eigenvalue weighted by molar-refractivity contribution is 5.97. The number of amides is 1. The molecule has 3 rings (SSSR count). The number of ether oxygens (including phenoxy) is 1. The van der Waals surface area contributed by atoms with Gasteiger partial charge in [0.05, 0.1) is 5.69 Å². The van der Waals surface area contributed by atoms with Crippen LogP contribution in [0.4, 0.5) is 5.69 Å². The molecule has 20 heavy (non-hydrogen) atoms. The molecule has 0 atom stereocenters. The summed E-state index contributed by atoms with van der Waals surface area (Å²) in [5.41, 5.74) is 6.80. The Labute approximate surface area is 119 Å². The fourth-order valence-corrected chi connectivity index (χ4v) is 2.82. The third-order valence-corrected chi connectivity index (χ3v) is 4.08.